The largest absolute Gasteiger partial charge is 0.492 e. The molecule has 1 aliphatic carbocycles. The molecule has 1 aromatic carbocycles. The number of carboxylic acid groups (broad SMARTS) is 1. The van der Waals surface area contributed by atoms with Crippen molar-refractivity contribution in [1.29, 1.82) is 0 Å². The maximum atomic E-state index is 12.8. The number of hydrogen-bond donors (Lipinski definition) is 1. The minimum Gasteiger partial charge on any atom is -0.492 e. The number of para-hydroxylation sites is 1. The van der Waals surface area contributed by atoms with Gasteiger partial charge in [0.2, 0.25) is 5.91 Å². The van der Waals surface area contributed by atoms with Crippen LogP contribution in [-0.2, 0) is 16.0 Å². The molecule has 0 radical (unpaired) electrons. The number of carbonyl (C=O) groups is 2. The lowest BCUT2D eigenvalue weighted by atomic mass is 9.94. The lowest BCUT2D eigenvalue weighted by molar-refractivity contribution is -0.149. The van der Waals surface area contributed by atoms with E-state index in [1.807, 2.05) is 6.92 Å². The van der Waals surface area contributed by atoms with E-state index >= 15 is 0 Å². The molecule has 1 aromatic rings. The van der Waals surface area contributed by atoms with Gasteiger partial charge in [-0.25, -0.2) is 4.79 Å². The number of hydrogen-bond acceptors (Lipinski definition) is 3. The monoisotopic (exact) mass is 351 g/mol. The van der Waals surface area contributed by atoms with Crippen LogP contribution in [0, 0.1) is 11.8 Å². The second kappa shape index (κ2) is 7.01. The van der Waals surface area contributed by atoms with Gasteiger partial charge in [-0.2, -0.15) is 0 Å². The lowest BCUT2D eigenvalue weighted by Crippen LogP contribution is -2.44. The topological polar surface area (TPSA) is 66.8 Å². The van der Waals surface area contributed by atoms with Crippen LogP contribution < -0.4 is 4.74 Å². The van der Waals surface area contributed by atoms with Crippen molar-refractivity contribution in [2.45, 2.75) is 38.6 Å². The zero-order chi connectivity index (χ0) is 17.3. The maximum Gasteiger partial charge on any atom is 0.326 e. The summed E-state index contributed by atoms with van der Waals surface area (Å²) in [5.41, 5.74) is 0.704. The number of carbonyl (C=O) groups excluding carboxylic acids is 1. The van der Waals surface area contributed by atoms with Crippen molar-refractivity contribution in [3.05, 3.63) is 28.8 Å². The smallest absolute Gasteiger partial charge is 0.326 e. The second-order valence-electron chi connectivity index (χ2n) is 6.52. The molecule has 1 amide bonds. The highest BCUT2D eigenvalue weighted by Gasteiger charge is 2.49. The average Bonchev–Trinajstić information content (AvgIpc) is 3.10. The SMILES string of the molecule is CCOc1c(Cl)cccc1CC(=O)N1CC2CCCC2C1C(=O)O. The minimum absolute atomic E-state index is 0.0946. The van der Waals surface area contributed by atoms with Crippen molar-refractivity contribution in [3.63, 3.8) is 0 Å². The van der Waals surface area contributed by atoms with Gasteiger partial charge in [0, 0.05) is 12.1 Å². The van der Waals surface area contributed by atoms with E-state index in [9.17, 15) is 14.7 Å². The lowest BCUT2D eigenvalue weighted by Gasteiger charge is -2.25. The Labute approximate surface area is 146 Å². The third kappa shape index (κ3) is 3.09. The quantitative estimate of drug-likeness (QED) is 0.885. The number of halogens is 1. The highest BCUT2D eigenvalue weighted by Crippen LogP contribution is 2.42. The average molecular weight is 352 g/mol. The molecule has 3 atom stereocenters. The van der Waals surface area contributed by atoms with Crippen molar-refractivity contribution < 1.29 is 19.4 Å². The molecule has 1 aliphatic heterocycles. The molecule has 3 unspecified atom stereocenters. The second-order valence-corrected chi connectivity index (χ2v) is 6.93. The summed E-state index contributed by atoms with van der Waals surface area (Å²) < 4.78 is 5.56. The number of benzene rings is 1. The Kier molecular flexibility index (Phi) is 4.99. The van der Waals surface area contributed by atoms with E-state index in [0.717, 1.165) is 19.3 Å². The van der Waals surface area contributed by atoms with Crippen LogP contribution in [0.25, 0.3) is 0 Å². The molecule has 1 saturated heterocycles. The van der Waals surface area contributed by atoms with Gasteiger partial charge in [0.25, 0.3) is 0 Å². The van der Waals surface area contributed by atoms with Crippen LogP contribution >= 0.6 is 11.6 Å². The zero-order valence-corrected chi connectivity index (χ0v) is 14.5. The van der Waals surface area contributed by atoms with Crippen molar-refractivity contribution in [3.8, 4) is 5.75 Å². The number of ether oxygens (including phenoxy) is 1. The Morgan fingerprint density at radius 3 is 2.88 bits per heavy atom. The number of fused-ring (bicyclic) bond motifs is 1. The van der Waals surface area contributed by atoms with Crippen molar-refractivity contribution in [2.24, 2.45) is 11.8 Å². The molecule has 3 rings (SSSR count). The van der Waals surface area contributed by atoms with Gasteiger partial charge in [-0.05, 0) is 37.7 Å². The third-order valence-corrected chi connectivity index (χ3v) is 5.44. The van der Waals surface area contributed by atoms with Crippen molar-refractivity contribution in [1.82, 2.24) is 4.90 Å². The molecular weight excluding hydrogens is 330 g/mol. The summed E-state index contributed by atoms with van der Waals surface area (Å²) in [6.45, 7) is 2.86. The highest BCUT2D eigenvalue weighted by atomic mass is 35.5. The first-order valence-corrected chi connectivity index (χ1v) is 8.83. The maximum absolute atomic E-state index is 12.8. The number of likely N-dealkylation sites (tertiary alicyclic amines) is 1. The first-order chi connectivity index (χ1) is 11.5. The van der Waals surface area contributed by atoms with Gasteiger partial charge in [-0.15, -0.1) is 0 Å². The van der Waals surface area contributed by atoms with Crippen LogP contribution in [0.3, 0.4) is 0 Å². The van der Waals surface area contributed by atoms with Gasteiger partial charge >= 0.3 is 5.97 Å². The number of carboxylic acids is 1. The zero-order valence-electron chi connectivity index (χ0n) is 13.7. The van der Waals surface area contributed by atoms with Crippen LogP contribution in [0.4, 0.5) is 0 Å². The minimum atomic E-state index is -0.895. The Morgan fingerprint density at radius 1 is 1.38 bits per heavy atom. The number of amides is 1. The predicted octanol–water partition coefficient (Wildman–Crippen LogP) is 2.99. The summed E-state index contributed by atoms with van der Waals surface area (Å²) in [4.78, 5) is 26.0. The van der Waals surface area contributed by atoms with E-state index in [-0.39, 0.29) is 18.2 Å². The van der Waals surface area contributed by atoms with Crippen molar-refractivity contribution in [2.75, 3.05) is 13.2 Å². The van der Waals surface area contributed by atoms with E-state index in [0.29, 0.717) is 35.4 Å². The Balaban J connectivity index is 1.80. The molecule has 1 saturated carbocycles. The molecule has 1 heterocycles. The van der Waals surface area contributed by atoms with Crippen LogP contribution in [0.2, 0.25) is 5.02 Å². The molecule has 5 nitrogen and oxygen atoms in total. The molecule has 0 spiro atoms. The van der Waals surface area contributed by atoms with Crippen LogP contribution in [0.1, 0.15) is 31.7 Å². The van der Waals surface area contributed by atoms with Crippen LogP contribution in [0.5, 0.6) is 5.75 Å². The first kappa shape index (κ1) is 17.1. The van der Waals surface area contributed by atoms with Gasteiger partial charge in [0.15, 0.2) is 0 Å². The molecule has 2 aliphatic rings. The van der Waals surface area contributed by atoms with E-state index in [1.54, 1.807) is 23.1 Å². The Hall–Kier alpha value is -1.75. The van der Waals surface area contributed by atoms with E-state index in [1.165, 1.54) is 0 Å². The van der Waals surface area contributed by atoms with Gasteiger partial charge < -0.3 is 14.7 Å². The van der Waals surface area contributed by atoms with Crippen molar-refractivity contribution >= 4 is 23.5 Å². The number of nitrogens with zero attached hydrogens (tertiary/aromatic N) is 1. The molecule has 1 N–H and O–H groups in total. The molecule has 2 fully saturated rings. The fourth-order valence-corrected chi connectivity index (χ4v) is 4.39. The predicted molar refractivity (Wildman–Crippen MR) is 90.3 cm³/mol. The van der Waals surface area contributed by atoms with E-state index in [2.05, 4.69) is 0 Å². The number of rotatable bonds is 5. The van der Waals surface area contributed by atoms with Gasteiger partial charge in [0.1, 0.15) is 11.8 Å². The first-order valence-electron chi connectivity index (χ1n) is 8.45. The highest BCUT2D eigenvalue weighted by molar-refractivity contribution is 6.32. The summed E-state index contributed by atoms with van der Waals surface area (Å²) in [6.07, 6.45) is 3.08. The van der Waals surface area contributed by atoms with Gasteiger partial charge in [0.05, 0.1) is 18.1 Å². The normalized spacial score (nSPS) is 25.6. The summed E-state index contributed by atoms with van der Waals surface area (Å²) >= 11 is 6.16. The molecule has 0 bridgehead atoms. The van der Waals surface area contributed by atoms with Gasteiger partial charge in [-0.1, -0.05) is 30.2 Å². The van der Waals surface area contributed by atoms with Crippen LogP contribution in [-0.4, -0.2) is 41.1 Å². The summed E-state index contributed by atoms with van der Waals surface area (Å²) in [5, 5.41) is 10.1. The Bertz CT molecular complexity index is 648. The molecular formula is C18H22ClNO4. The summed E-state index contributed by atoms with van der Waals surface area (Å²) in [6, 6.07) is 4.61. The fraction of sp³-hybridized carbons (Fsp3) is 0.556. The molecule has 6 heteroatoms. The van der Waals surface area contributed by atoms with E-state index in [4.69, 9.17) is 16.3 Å². The Morgan fingerprint density at radius 2 is 2.17 bits per heavy atom. The molecule has 130 valence electrons. The summed E-state index contributed by atoms with van der Waals surface area (Å²) in [7, 11) is 0. The van der Waals surface area contributed by atoms with E-state index < -0.39 is 12.0 Å². The summed E-state index contributed by atoms with van der Waals surface area (Å²) in [5.74, 6) is -0.131. The fourth-order valence-electron chi connectivity index (χ4n) is 4.14. The molecule has 24 heavy (non-hydrogen) atoms. The third-order valence-electron chi connectivity index (χ3n) is 5.14. The standard InChI is InChI=1S/C18H22ClNO4/c1-2-24-17-11(5-4-8-14(17)19)9-15(21)20-10-12-6-3-7-13(12)16(20)18(22)23/h4-5,8,12-13,16H,2-3,6-7,9-10H2,1H3,(H,22,23). The van der Waals surface area contributed by atoms with Crippen LogP contribution in [0.15, 0.2) is 18.2 Å². The number of aliphatic carboxylic acids is 1. The van der Waals surface area contributed by atoms with Gasteiger partial charge in [-0.3, -0.25) is 4.79 Å². The molecule has 0 aromatic heterocycles.